The molecule has 0 fully saturated rings. The van der Waals surface area contributed by atoms with Gasteiger partial charge in [-0.1, -0.05) is 54.6 Å². The van der Waals surface area contributed by atoms with Crippen LogP contribution in [-0.2, 0) is 11.3 Å². The summed E-state index contributed by atoms with van der Waals surface area (Å²) >= 11 is 0. The minimum absolute atomic E-state index is 0.00546. The third kappa shape index (κ3) is 4.70. The lowest BCUT2D eigenvalue weighted by Crippen LogP contribution is -2.29. The lowest BCUT2D eigenvalue weighted by Gasteiger charge is -2.06. The normalized spacial score (nSPS) is 10.9. The minimum Gasteiger partial charge on any atom is -0.355 e. The Bertz CT molecular complexity index is 1120. The number of fused-ring (bicyclic) bond motifs is 1. The van der Waals surface area contributed by atoms with Crippen LogP contribution >= 0.6 is 0 Å². The molecule has 0 spiro atoms. The van der Waals surface area contributed by atoms with Crippen molar-refractivity contribution in [2.24, 2.45) is 0 Å². The van der Waals surface area contributed by atoms with E-state index in [-0.39, 0.29) is 5.91 Å². The number of aromatic amines is 1. The molecular weight excluding hydrogens is 360 g/mol. The maximum atomic E-state index is 10.9. The number of carbonyl (C=O) groups excluding carboxylic acids is 1. The maximum Gasteiger partial charge on any atom is 0.216 e. The average molecular weight is 384 g/mol. The summed E-state index contributed by atoms with van der Waals surface area (Å²) in [6.07, 6.45) is 0. The highest BCUT2D eigenvalue weighted by atomic mass is 16.1. The Morgan fingerprint density at radius 1 is 0.897 bits per heavy atom. The third-order valence-electron chi connectivity index (χ3n) is 4.79. The number of H-pyrrole nitrogens is 1. The fourth-order valence-corrected chi connectivity index (χ4v) is 3.34. The second kappa shape index (κ2) is 8.71. The molecule has 29 heavy (non-hydrogen) atoms. The predicted molar refractivity (Wildman–Crippen MR) is 117 cm³/mol. The number of hydrogen-bond donors (Lipinski definition) is 3. The van der Waals surface area contributed by atoms with Gasteiger partial charge >= 0.3 is 0 Å². The molecular formula is C24H24N4O. The van der Waals surface area contributed by atoms with Gasteiger partial charge in [0.25, 0.3) is 0 Å². The van der Waals surface area contributed by atoms with E-state index < -0.39 is 0 Å². The van der Waals surface area contributed by atoms with Crippen LogP contribution in [-0.4, -0.2) is 29.0 Å². The number of carbonyl (C=O) groups is 1. The van der Waals surface area contributed by atoms with Crippen LogP contribution in [0.3, 0.4) is 0 Å². The molecule has 0 atom stereocenters. The molecule has 0 saturated carbocycles. The van der Waals surface area contributed by atoms with Gasteiger partial charge in [0.15, 0.2) is 0 Å². The minimum atomic E-state index is -0.00546. The van der Waals surface area contributed by atoms with Crippen molar-refractivity contribution >= 4 is 16.9 Å². The lowest BCUT2D eigenvalue weighted by atomic mass is 10.1. The third-order valence-corrected chi connectivity index (χ3v) is 4.79. The molecule has 4 aromatic rings. The molecule has 0 bridgehead atoms. The number of amides is 1. The Hall–Kier alpha value is -3.44. The van der Waals surface area contributed by atoms with E-state index in [1.54, 1.807) is 0 Å². The Morgan fingerprint density at radius 2 is 1.72 bits per heavy atom. The predicted octanol–water partition coefficient (Wildman–Crippen LogP) is 4.12. The topological polar surface area (TPSA) is 69.8 Å². The van der Waals surface area contributed by atoms with Crippen molar-refractivity contribution in [2.45, 2.75) is 13.5 Å². The number of nitrogens with one attached hydrogen (secondary N) is 3. The largest absolute Gasteiger partial charge is 0.355 e. The van der Waals surface area contributed by atoms with Crippen molar-refractivity contribution in [3.8, 4) is 22.5 Å². The molecule has 0 aliphatic heterocycles. The Morgan fingerprint density at radius 3 is 2.55 bits per heavy atom. The van der Waals surface area contributed by atoms with E-state index in [9.17, 15) is 4.79 Å². The quantitative estimate of drug-likeness (QED) is 0.420. The maximum absolute atomic E-state index is 10.9. The van der Waals surface area contributed by atoms with Gasteiger partial charge in [-0.3, -0.25) is 4.79 Å². The molecule has 0 aliphatic carbocycles. The fraction of sp³-hybridized carbons (Fsp3) is 0.167. The number of rotatable bonds is 7. The van der Waals surface area contributed by atoms with Gasteiger partial charge in [-0.05, 0) is 34.9 Å². The summed E-state index contributed by atoms with van der Waals surface area (Å²) in [6, 6.07) is 25.0. The smallest absolute Gasteiger partial charge is 0.216 e. The first-order chi connectivity index (χ1) is 14.2. The van der Waals surface area contributed by atoms with E-state index in [4.69, 9.17) is 4.98 Å². The van der Waals surface area contributed by atoms with E-state index in [1.807, 2.05) is 24.3 Å². The molecule has 4 rings (SSSR count). The zero-order chi connectivity index (χ0) is 20.1. The first kappa shape index (κ1) is 18.9. The van der Waals surface area contributed by atoms with Crippen molar-refractivity contribution < 1.29 is 4.79 Å². The van der Waals surface area contributed by atoms with Gasteiger partial charge in [0, 0.05) is 32.1 Å². The van der Waals surface area contributed by atoms with Crippen LogP contribution in [0.15, 0.2) is 72.8 Å². The van der Waals surface area contributed by atoms with Crippen LogP contribution in [0.4, 0.5) is 0 Å². The van der Waals surface area contributed by atoms with Gasteiger partial charge in [-0.2, -0.15) is 0 Å². The van der Waals surface area contributed by atoms with E-state index in [2.05, 4.69) is 64.1 Å². The Kier molecular flexibility index (Phi) is 5.68. The lowest BCUT2D eigenvalue weighted by molar-refractivity contribution is -0.118. The van der Waals surface area contributed by atoms with Crippen molar-refractivity contribution in [1.82, 2.24) is 20.6 Å². The van der Waals surface area contributed by atoms with Gasteiger partial charge in [-0.15, -0.1) is 0 Å². The summed E-state index contributed by atoms with van der Waals surface area (Å²) < 4.78 is 0. The van der Waals surface area contributed by atoms with Crippen molar-refractivity contribution in [3.63, 3.8) is 0 Å². The number of imidazole rings is 1. The Labute approximate surface area is 170 Å². The second-order valence-electron chi connectivity index (χ2n) is 7.04. The summed E-state index contributed by atoms with van der Waals surface area (Å²) in [6.45, 7) is 3.63. The zero-order valence-electron chi connectivity index (χ0n) is 16.4. The highest BCUT2D eigenvalue weighted by molar-refractivity contribution is 5.84. The molecule has 0 unspecified atom stereocenters. The molecule has 1 amide bonds. The summed E-state index contributed by atoms with van der Waals surface area (Å²) in [7, 11) is 0. The SMILES string of the molecule is CC(=O)NCCNCc1cccc(-c2nc3ccc(-c4ccccc4)cc3[nH]2)c1. The van der Waals surface area contributed by atoms with Crippen LogP contribution < -0.4 is 10.6 Å². The summed E-state index contributed by atoms with van der Waals surface area (Å²) in [5, 5.41) is 6.13. The molecule has 1 heterocycles. The highest BCUT2D eigenvalue weighted by Gasteiger charge is 2.07. The molecule has 3 N–H and O–H groups in total. The van der Waals surface area contributed by atoms with Gasteiger partial charge in [0.05, 0.1) is 11.0 Å². The van der Waals surface area contributed by atoms with E-state index in [0.717, 1.165) is 35.5 Å². The van der Waals surface area contributed by atoms with E-state index in [1.165, 1.54) is 23.6 Å². The van der Waals surface area contributed by atoms with E-state index >= 15 is 0 Å². The van der Waals surface area contributed by atoms with E-state index in [0.29, 0.717) is 6.54 Å². The molecule has 5 nitrogen and oxygen atoms in total. The number of hydrogen-bond acceptors (Lipinski definition) is 3. The monoisotopic (exact) mass is 384 g/mol. The molecule has 0 aliphatic rings. The molecule has 146 valence electrons. The standard InChI is InChI=1S/C24H24N4O/c1-17(29)26-13-12-25-16-18-6-5-9-21(14-18)24-27-22-11-10-20(15-23(22)28-24)19-7-3-2-4-8-19/h2-11,14-15,25H,12-13,16H2,1H3,(H,26,29)(H,27,28). The van der Waals surface area contributed by atoms with Crippen LogP contribution in [0.1, 0.15) is 12.5 Å². The van der Waals surface area contributed by atoms with Gasteiger partial charge in [0.1, 0.15) is 5.82 Å². The summed E-state index contributed by atoms with van der Waals surface area (Å²) in [4.78, 5) is 19.1. The fourth-order valence-electron chi connectivity index (χ4n) is 3.34. The van der Waals surface area contributed by atoms with Crippen molar-refractivity contribution in [1.29, 1.82) is 0 Å². The second-order valence-corrected chi connectivity index (χ2v) is 7.04. The van der Waals surface area contributed by atoms with Crippen LogP contribution in [0.25, 0.3) is 33.5 Å². The molecule has 1 aromatic heterocycles. The molecule has 0 radical (unpaired) electrons. The van der Waals surface area contributed by atoms with Crippen LogP contribution in [0.5, 0.6) is 0 Å². The van der Waals surface area contributed by atoms with Gasteiger partial charge < -0.3 is 15.6 Å². The number of nitrogens with zero attached hydrogens (tertiary/aromatic N) is 1. The summed E-state index contributed by atoms with van der Waals surface area (Å²) in [5.74, 6) is 0.861. The average Bonchev–Trinajstić information content (AvgIpc) is 3.18. The van der Waals surface area contributed by atoms with Crippen LogP contribution in [0, 0.1) is 0 Å². The van der Waals surface area contributed by atoms with Crippen molar-refractivity contribution in [3.05, 3.63) is 78.4 Å². The van der Waals surface area contributed by atoms with Crippen LogP contribution in [0.2, 0.25) is 0 Å². The summed E-state index contributed by atoms with van der Waals surface area (Å²) in [5.41, 5.74) is 6.58. The Balaban J connectivity index is 1.50. The first-order valence-electron chi connectivity index (χ1n) is 9.79. The zero-order valence-corrected chi connectivity index (χ0v) is 16.4. The molecule has 5 heteroatoms. The number of benzene rings is 3. The molecule has 3 aromatic carbocycles. The molecule has 0 saturated heterocycles. The highest BCUT2D eigenvalue weighted by Crippen LogP contribution is 2.26. The van der Waals surface area contributed by atoms with Crippen molar-refractivity contribution in [2.75, 3.05) is 13.1 Å². The first-order valence-corrected chi connectivity index (χ1v) is 9.79. The van der Waals surface area contributed by atoms with Gasteiger partial charge in [-0.25, -0.2) is 4.98 Å². The van der Waals surface area contributed by atoms with Gasteiger partial charge in [0.2, 0.25) is 5.91 Å². The number of aromatic nitrogens is 2.